The first-order chi connectivity index (χ1) is 7.28. The average Bonchev–Trinajstić information content (AvgIpc) is 2.06. The van der Waals surface area contributed by atoms with Crippen LogP contribution < -0.4 is 5.73 Å². The molecule has 0 fully saturated rings. The van der Waals surface area contributed by atoms with Crippen LogP contribution in [0.4, 0.5) is 4.39 Å². The van der Waals surface area contributed by atoms with Gasteiger partial charge >= 0.3 is 0 Å². The third kappa shape index (κ3) is 4.60. The molecule has 1 unspecified atom stereocenters. The van der Waals surface area contributed by atoms with Crippen molar-refractivity contribution in [2.45, 2.75) is 25.1 Å². The van der Waals surface area contributed by atoms with Crippen molar-refractivity contribution in [3.63, 3.8) is 0 Å². The molecule has 5 heteroatoms. The molecular formula is C11H15ClFNOS. The fourth-order valence-electron chi connectivity index (χ4n) is 1.28. The van der Waals surface area contributed by atoms with Gasteiger partial charge in [-0.25, -0.2) is 4.39 Å². The fourth-order valence-corrected chi connectivity index (χ4v) is 2.95. The molecule has 0 bridgehead atoms. The van der Waals surface area contributed by atoms with Crippen LogP contribution >= 0.6 is 11.6 Å². The van der Waals surface area contributed by atoms with Gasteiger partial charge in [0.25, 0.3) is 0 Å². The molecule has 0 aromatic heterocycles. The highest BCUT2D eigenvalue weighted by molar-refractivity contribution is 7.84. The van der Waals surface area contributed by atoms with Crippen LogP contribution in [0.3, 0.4) is 0 Å². The first-order valence-electron chi connectivity index (χ1n) is 4.86. The maximum Gasteiger partial charge on any atom is 0.128 e. The zero-order valence-corrected chi connectivity index (χ0v) is 10.9. The zero-order valence-electron chi connectivity index (χ0n) is 9.30. The Hall–Kier alpha value is -0.450. The Morgan fingerprint density at radius 1 is 1.50 bits per heavy atom. The lowest BCUT2D eigenvalue weighted by atomic mass is 10.1. The molecule has 0 saturated carbocycles. The third-order valence-electron chi connectivity index (χ3n) is 1.86. The number of hydrogen-bond acceptors (Lipinski definition) is 2. The Morgan fingerprint density at radius 2 is 2.12 bits per heavy atom. The molecule has 1 aromatic carbocycles. The van der Waals surface area contributed by atoms with E-state index < -0.39 is 22.2 Å². The van der Waals surface area contributed by atoms with Crippen LogP contribution in [0, 0.1) is 5.82 Å². The first-order valence-corrected chi connectivity index (χ1v) is 6.72. The highest BCUT2D eigenvalue weighted by Gasteiger charge is 2.16. The van der Waals surface area contributed by atoms with Gasteiger partial charge in [0.15, 0.2) is 0 Å². The molecule has 2 nitrogen and oxygen atoms in total. The van der Waals surface area contributed by atoms with Crippen molar-refractivity contribution >= 4 is 22.4 Å². The fraction of sp³-hybridized carbons (Fsp3) is 0.455. The van der Waals surface area contributed by atoms with Crippen LogP contribution in [0.25, 0.3) is 0 Å². The Morgan fingerprint density at radius 3 is 2.62 bits per heavy atom. The van der Waals surface area contributed by atoms with Gasteiger partial charge in [0.05, 0.1) is 5.75 Å². The molecule has 0 saturated heterocycles. The highest BCUT2D eigenvalue weighted by Crippen LogP contribution is 2.16. The second kappa shape index (κ2) is 5.25. The van der Waals surface area contributed by atoms with Crippen molar-refractivity contribution in [1.82, 2.24) is 0 Å². The number of benzene rings is 1. The van der Waals surface area contributed by atoms with E-state index in [4.69, 9.17) is 17.3 Å². The number of hydrogen-bond donors (Lipinski definition) is 1. The van der Waals surface area contributed by atoms with Crippen molar-refractivity contribution in [3.8, 4) is 0 Å². The van der Waals surface area contributed by atoms with Gasteiger partial charge in [0.2, 0.25) is 0 Å². The maximum atomic E-state index is 13.4. The summed E-state index contributed by atoms with van der Waals surface area (Å²) in [6, 6.07) is 4.37. The van der Waals surface area contributed by atoms with Crippen LogP contribution in [-0.2, 0) is 16.6 Å². The van der Waals surface area contributed by atoms with Gasteiger partial charge in [-0.2, -0.15) is 0 Å². The number of rotatable bonds is 4. The van der Waals surface area contributed by atoms with Gasteiger partial charge in [-0.1, -0.05) is 17.7 Å². The first kappa shape index (κ1) is 13.6. The molecule has 0 aliphatic rings. The standard InChI is InChI=1S/C11H15ClFNOS/c1-11(2,14)7-16(15)6-8-3-4-9(12)5-10(8)13/h3-5H,6-7,14H2,1-2H3. The van der Waals surface area contributed by atoms with E-state index in [0.29, 0.717) is 16.3 Å². The van der Waals surface area contributed by atoms with E-state index in [-0.39, 0.29) is 5.75 Å². The lowest BCUT2D eigenvalue weighted by Crippen LogP contribution is -2.38. The summed E-state index contributed by atoms with van der Waals surface area (Å²) < 4.78 is 25.1. The number of halogens is 2. The van der Waals surface area contributed by atoms with Crippen molar-refractivity contribution < 1.29 is 8.60 Å². The van der Waals surface area contributed by atoms with Gasteiger partial charge in [0.1, 0.15) is 5.82 Å². The van der Waals surface area contributed by atoms with Crippen LogP contribution in [0.1, 0.15) is 19.4 Å². The van der Waals surface area contributed by atoms with Gasteiger partial charge < -0.3 is 5.73 Å². The molecular weight excluding hydrogens is 249 g/mol. The molecule has 0 heterocycles. The van der Waals surface area contributed by atoms with E-state index >= 15 is 0 Å². The summed E-state index contributed by atoms with van der Waals surface area (Å²) in [6.07, 6.45) is 0. The predicted octanol–water partition coefficient (Wildman–Crippen LogP) is 2.47. The van der Waals surface area contributed by atoms with Crippen LogP contribution in [0.15, 0.2) is 18.2 Å². The Bertz CT molecular complexity index is 403. The highest BCUT2D eigenvalue weighted by atomic mass is 35.5. The smallest absolute Gasteiger partial charge is 0.128 e. The van der Waals surface area contributed by atoms with Gasteiger partial charge in [-0.15, -0.1) is 0 Å². The molecule has 2 N–H and O–H groups in total. The monoisotopic (exact) mass is 263 g/mol. The summed E-state index contributed by atoms with van der Waals surface area (Å²) in [7, 11) is -1.17. The third-order valence-corrected chi connectivity index (χ3v) is 3.80. The van der Waals surface area contributed by atoms with E-state index in [9.17, 15) is 8.60 Å². The van der Waals surface area contributed by atoms with E-state index in [0.717, 1.165) is 0 Å². The quantitative estimate of drug-likeness (QED) is 0.907. The topological polar surface area (TPSA) is 43.1 Å². The van der Waals surface area contributed by atoms with Crippen molar-refractivity contribution in [2.75, 3.05) is 5.75 Å². The van der Waals surface area contributed by atoms with Gasteiger partial charge in [-0.05, 0) is 26.0 Å². The minimum absolute atomic E-state index is 0.170. The molecule has 0 spiro atoms. The Balaban J connectivity index is 2.70. The van der Waals surface area contributed by atoms with Crippen molar-refractivity contribution in [3.05, 3.63) is 34.6 Å². The second-order valence-electron chi connectivity index (χ2n) is 4.45. The van der Waals surface area contributed by atoms with E-state index in [1.54, 1.807) is 26.0 Å². The second-order valence-corrected chi connectivity index (χ2v) is 6.35. The zero-order chi connectivity index (χ0) is 12.3. The SMILES string of the molecule is CC(C)(N)CS(=O)Cc1ccc(Cl)cc1F. The summed E-state index contributed by atoms with van der Waals surface area (Å²) in [5.74, 6) is 0.0919. The van der Waals surface area contributed by atoms with E-state index in [2.05, 4.69) is 0 Å². The predicted molar refractivity (Wildman–Crippen MR) is 66.4 cm³/mol. The Labute approximate surface area is 102 Å². The molecule has 16 heavy (non-hydrogen) atoms. The van der Waals surface area contributed by atoms with Crippen molar-refractivity contribution in [2.24, 2.45) is 5.73 Å². The lowest BCUT2D eigenvalue weighted by Gasteiger charge is -2.17. The minimum Gasteiger partial charge on any atom is -0.325 e. The summed E-state index contributed by atoms with van der Waals surface area (Å²) in [5, 5.41) is 0.339. The summed E-state index contributed by atoms with van der Waals surface area (Å²) in [6.45, 7) is 3.59. The van der Waals surface area contributed by atoms with Crippen LogP contribution in [0.5, 0.6) is 0 Å². The molecule has 0 aliphatic heterocycles. The van der Waals surface area contributed by atoms with Gasteiger partial charge in [0, 0.05) is 32.7 Å². The summed E-state index contributed by atoms with van der Waals surface area (Å²) in [5.41, 5.74) is 5.65. The van der Waals surface area contributed by atoms with Crippen LogP contribution in [-0.4, -0.2) is 15.5 Å². The molecule has 0 amide bonds. The normalized spacial score (nSPS) is 13.8. The summed E-state index contributed by atoms with van der Waals surface area (Å²) >= 11 is 5.62. The molecule has 0 aliphatic carbocycles. The summed E-state index contributed by atoms with van der Waals surface area (Å²) in [4.78, 5) is 0. The largest absolute Gasteiger partial charge is 0.325 e. The molecule has 1 rings (SSSR count). The lowest BCUT2D eigenvalue weighted by molar-refractivity contribution is 0.576. The van der Waals surface area contributed by atoms with Crippen molar-refractivity contribution in [1.29, 1.82) is 0 Å². The average molecular weight is 264 g/mol. The Kier molecular flexibility index (Phi) is 4.47. The number of nitrogens with two attached hydrogens (primary N) is 1. The molecule has 1 atom stereocenters. The van der Waals surface area contributed by atoms with Gasteiger partial charge in [-0.3, -0.25) is 4.21 Å². The molecule has 1 aromatic rings. The molecule has 90 valence electrons. The molecule has 0 radical (unpaired) electrons. The van der Waals surface area contributed by atoms with E-state index in [1.807, 2.05) is 0 Å². The van der Waals surface area contributed by atoms with Crippen LogP contribution in [0.2, 0.25) is 5.02 Å². The minimum atomic E-state index is -1.17. The van der Waals surface area contributed by atoms with E-state index in [1.165, 1.54) is 6.07 Å². The maximum absolute atomic E-state index is 13.4.